The van der Waals surface area contributed by atoms with Crippen LogP contribution >= 0.6 is 0 Å². The van der Waals surface area contributed by atoms with E-state index in [2.05, 4.69) is 11.9 Å². The predicted molar refractivity (Wildman–Crippen MR) is 94.1 cm³/mol. The number of nitrogens with one attached hydrogen (secondary N) is 1. The number of esters is 1. The summed E-state index contributed by atoms with van der Waals surface area (Å²) in [5, 5.41) is 4.57. The molecule has 0 aliphatic rings. The Morgan fingerprint density at radius 2 is 1.92 bits per heavy atom. The number of fused-ring (bicyclic) bond motifs is 1. The van der Waals surface area contributed by atoms with Gasteiger partial charge in [0.05, 0.1) is 25.0 Å². The van der Waals surface area contributed by atoms with E-state index < -0.39 is 12.1 Å². The summed E-state index contributed by atoms with van der Waals surface area (Å²) in [5.74, 6) is -0.823. The minimum absolute atomic E-state index is 0.308. The zero-order valence-electron chi connectivity index (χ0n) is 13.9. The first-order valence-corrected chi connectivity index (χ1v) is 7.71. The molecule has 2 rings (SSSR count). The Bertz CT molecular complexity index is 754. The van der Waals surface area contributed by atoms with Crippen molar-refractivity contribution in [3.63, 3.8) is 0 Å². The van der Waals surface area contributed by atoms with Crippen LogP contribution in [0.4, 0.5) is 5.69 Å². The lowest BCUT2D eigenvalue weighted by molar-refractivity contribution is -0.126. The fourth-order valence-electron chi connectivity index (χ4n) is 2.26. The third-order valence-electron chi connectivity index (χ3n) is 3.61. The van der Waals surface area contributed by atoms with Crippen molar-refractivity contribution in [1.29, 1.82) is 0 Å². The van der Waals surface area contributed by atoms with E-state index in [1.807, 2.05) is 24.3 Å². The number of ether oxygens (including phenoxy) is 2. The first kappa shape index (κ1) is 17.7. The molecule has 0 bridgehead atoms. The van der Waals surface area contributed by atoms with Crippen LogP contribution in [0.3, 0.4) is 0 Å². The lowest BCUT2D eigenvalue weighted by Gasteiger charge is -2.15. The highest BCUT2D eigenvalue weighted by Gasteiger charge is 2.19. The normalized spacial score (nSPS) is 11.8. The quantitative estimate of drug-likeness (QED) is 0.480. The van der Waals surface area contributed by atoms with Gasteiger partial charge >= 0.3 is 5.97 Å². The van der Waals surface area contributed by atoms with E-state index in [0.717, 1.165) is 10.8 Å². The van der Waals surface area contributed by atoms with E-state index in [1.165, 1.54) is 7.11 Å². The number of methoxy groups -OCH3 is 1. The summed E-state index contributed by atoms with van der Waals surface area (Å²) in [7, 11) is 1.31. The van der Waals surface area contributed by atoms with Crippen LogP contribution in [0.25, 0.3) is 10.8 Å². The van der Waals surface area contributed by atoms with Crippen molar-refractivity contribution in [3.8, 4) is 0 Å². The molecule has 5 nitrogen and oxygen atoms in total. The van der Waals surface area contributed by atoms with Gasteiger partial charge in [0.25, 0.3) is 5.91 Å². The molecule has 1 unspecified atom stereocenters. The van der Waals surface area contributed by atoms with Gasteiger partial charge < -0.3 is 14.8 Å². The van der Waals surface area contributed by atoms with Crippen LogP contribution in [0.15, 0.2) is 49.1 Å². The molecular formula is C19H21NO4. The number of carbonyl (C=O) groups excluding carboxylic acids is 2. The molecule has 0 saturated carbocycles. The molecule has 0 fully saturated rings. The summed E-state index contributed by atoms with van der Waals surface area (Å²) in [6, 6.07) is 11.1. The molecule has 0 heterocycles. The molecule has 1 N–H and O–H groups in total. The third kappa shape index (κ3) is 4.20. The van der Waals surface area contributed by atoms with Crippen LogP contribution in [-0.4, -0.2) is 31.7 Å². The number of benzene rings is 2. The summed E-state index contributed by atoms with van der Waals surface area (Å²) < 4.78 is 10.2. The molecular weight excluding hydrogens is 306 g/mol. The van der Waals surface area contributed by atoms with Gasteiger partial charge in [0.15, 0.2) is 0 Å². The van der Waals surface area contributed by atoms with E-state index in [9.17, 15) is 9.59 Å². The number of carbonyl (C=O) groups is 2. The van der Waals surface area contributed by atoms with E-state index in [-0.39, 0.29) is 5.91 Å². The minimum Gasteiger partial charge on any atom is -0.465 e. The van der Waals surface area contributed by atoms with Crippen molar-refractivity contribution < 1.29 is 19.1 Å². The van der Waals surface area contributed by atoms with Crippen molar-refractivity contribution in [2.75, 3.05) is 19.0 Å². The molecule has 126 valence electrons. The molecule has 2 aromatic rings. The van der Waals surface area contributed by atoms with Gasteiger partial charge in [-0.15, -0.1) is 6.58 Å². The molecule has 1 atom stereocenters. The third-order valence-corrected chi connectivity index (χ3v) is 3.61. The highest BCUT2D eigenvalue weighted by Crippen LogP contribution is 2.25. The average Bonchev–Trinajstić information content (AvgIpc) is 2.60. The first-order chi connectivity index (χ1) is 11.6. The Morgan fingerprint density at radius 1 is 1.25 bits per heavy atom. The maximum Gasteiger partial charge on any atom is 0.339 e. The SMILES string of the molecule is C=CCCOC(C)C(=O)Nc1cc2ccccc2cc1C(=O)OC. The topological polar surface area (TPSA) is 64.6 Å². The zero-order chi connectivity index (χ0) is 17.5. The summed E-state index contributed by atoms with van der Waals surface area (Å²) in [4.78, 5) is 24.3. The molecule has 0 saturated heterocycles. The maximum atomic E-state index is 12.3. The Labute approximate surface area is 141 Å². The highest BCUT2D eigenvalue weighted by atomic mass is 16.5. The summed E-state index contributed by atoms with van der Waals surface area (Å²) in [6.07, 6.45) is 1.76. The average molecular weight is 327 g/mol. The maximum absolute atomic E-state index is 12.3. The molecule has 2 aromatic carbocycles. The van der Waals surface area contributed by atoms with Crippen molar-refractivity contribution in [1.82, 2.24) is 0 Å². The second-order valence-corrected chi connectivity index (χ2v) is 5.32. The second-order valence-electron chi connectivity index (χ2n) is 5.32. The fourth-order valence-corrected chi connectivity index (χ4v) is 2.26. The molecule has 0 aliphatic heterocycles. The Morgan fingerprint density at radius 3 is 2.54 bits per heavy atom. The van der Waals surface area contributed by atoms with Crippen molar-refractivity contribution >= 4 is 28.3 Å². The van der Waals surface area contributed by atoms with Gasteiger partial charge in [-0.2, -0.15) is 0 Å². The molecule has 5 heteroatoms. The molecule has 0 aliphatic carbocycles. The molecule has 24 heavy (non-hydrogen) atoms. The van der Waals surface area contributed by atoms with Crippen LogP contribution < -0.4 is 5.32 Å². The van der Waals surface area contributed by atoms with Crippen molar-refractivity contribution in [3.05, 3.63) is 54.6 Å². The van der Waals surface area contributed by atoms with Crippen molar-refractivity contribution in [2.45, 2.75) is 19.4 Å². The van der Waals surface area contributed by atoms with E-state index >= 15 is 0 Å². The lowest BCUT2D eigenvalue weighted by Crippen LogP contribution is -2.28. The fraction of sp³-hybridized carbons (Fsp3) is 0.263. The lowest BCUT2D eigenvalue weighted by atomic mass is 10.0. The smallest absolute Gasteiger partial charge is 0.339 e. The van der Waals surface area contributed by atoms with Crippen LogP contribution in [-0.2, 0) is 14.3 Å². The number of hydrogen-bond acceptors (Lipinski definition) is 4. The number of rotatable bonds is 7. The molecule has 0 radical (unpaired) electrons. The van der Waals surface area contributed by atoms with Crippen LogP contribution in [0.5, 0.6) is 0 Å². The molecule has 1 amide bonds. The van der Waals surface area contributed by atoms with Gasteiger partial charge in [-0.25, -0.2) is 4.79 Å². The van der Waals surface area contributed by atoms with Gasteiger partial charge in [-0.05, 0) is 36.2 Å². The van der Waals surface area contributed by atoms with E-state index in [4.69, 9.17) is 9.47 Å². The van der Waals surface area contributed by atoms with Gasteiger partial charge in [0.2, 0.25) is 0 Å². The largest absolute Gasteiger partial charge is 0.465 e. The summed E-state index contributed by atoms with van der Waals surface area (Å²) in [6.45, 7) is 5.69. The van der Waals surface area contributed by atoms with Crippen LogP contribution in [0.1, 0.15) is 23.7 Å². The zero-order valence-corrected chi connectivity index (χ0v) is 13.9. The van der Waals surface area contributed by atoms with Gasteiger partial charge in [0, 0.05) is 0 Å². The predicted octanol–water partition coefficient (Wildman–Crippen LogP) is 3.55. The standard InChI is InChI=1S/C19H21NO4/c1-4-5-10-24-13(2)18(21)20-17-12-15-9-7-6-8-14(15)11-16(17)19(22)23-3/h4,6-9,11-13H,1,5,10H2,2-3H3,(H,20,21). The Balaban J connectivity index is 2.27. The second kappa shape index (κ2) is 8.26. The van der Waals surface area contributed by atoms with E-state index in [0.29, 0.717) is 24.3 Å². The number of anilines is 1. The van der Waals surface area contributed by atoms with Crippen LogP contribution in [0.2, 0.25) is 0 Å². The van der Waals surface area contributed by atoms with Crippen LogP contribution in [0, 0.1) is 0 Å². The Kier molecular flexibility index (Phi) is 6.09. The minimum atomic E-state index is -0.637. The highest BCUT2D eigenvalue weighted by molar-refractivity contribution is 6.06. The van der Waals surface area contributed by atoms with E-state index in [1.54, 1.807) is 25.1 Å². The summed E-state index contributed by atoms with van der Waals surface area (Å²) in [5.41, 5.74) is 0.715. The first-order valence-electron chi connectivity index (χ1n) is 7.71. The molecule has 0 aromatic heterocycles. The van der Waals surface area contributed by atoms with Gasteiger partial charge in [0.1, 0.15) is 6.10 Å². The van der Waals surface area contributed by atoms with Crippen molar-refractivity contribution in [2.24, 2.45) is 0 Å². The number of amides is 1. The van der Waals surface area contributed by atoms with Gasteiger partial charge in [-0.1, -0.05) is 30.3 Å². The Hall–Kier alpha value is -2.66. The summed E-state index contributed by atoms with van der Waals surface area (Å²) >= 11 is 0. The van der Waals surface area contributed by atoms with Gasteiger partial charge in [-0.3, -0.25) is 4.79 Å². The molecule has 0 spiro atoms. The monoisotopic (exact) mass is 327 g/mol. The number of hydrogen-bond donors (Lipinski definition) is 1.